The van der Waals surface area contributed by atoms with Crippen LogP contribution in [0.5, 0.6) is 11.5 Å². The summed E-state index contributed by atoms with van der Waals surface area (Å²) in [5.41, 5.74) is 2.31. The molecule has 7 heteroatoms. The molecule has 162 valence electrons. The predicted octanol–water partition coefficient (Wildman–Crippen LogP) is 4.82. The number of carbonyl (C=O) groups excluding carboxylic acids is 1. The maximum absolute atomic E-state index is 12.9. The zero-order chi connectivity index (χ0) is 22.5. The molecule has 0 bridgehead atoms. The van der Waals surface area contributed by atoms with Gasteiger partial charge in [-0.3, -0.25) is 9.59 Å². The molecule has 32 heavy (non-hydrogen) atoms. The molecule has 1 N–H and O–H groups in total. The van der Waals surface area contributed by atoms with E-state index in [0.717, 1.165) is 11.1 Å². The van der Waals surface area contributed by atoms with E-state index in [4.69, 9.17) is 25.5 Å². The molecule has 0 atom stereocenters. The van der Waals surface area contributed by atoms with Gasteiger partial charge in [-0.15, -0.1) is 0 Å². The summed E-state index contributed by atoms with van der Waals surface area (Å²) in [5, 5.41) is 3.81. The molecule has 0 aliphatic rings. The molecular formula is C25H20ClNO5. The molecule has 4 rings (SSSR count). The Kier molecular flexibility index (Phi) is 6.42. The largest absolute Gasteiger partial charge is 0.497 e. The summed E-state index contributed by atoms with van der Waals surface area (Å²) >= 11 is 5.94. The number of ether oxygens (including phenoxy) is 2. The van der Waals surface area contributed by atoms with Crippen LogP contribution in [-0.4, -0.2) is 19.6 Å². The molecule has 0 spiro atoms. The molecule has 0 aliphatic carbocycles. The molecule has 4 aromatic rings. The summed E-state index contributed by atoms with van der Waals surface area (Å²) in [6.07, 6.45) is 1.42. The monoisotopic (exact) mass is 449 g/mol. The van der Waals surface area contributed by atoms with Crippen molar-refractivity contribution in [3.8, 4) is 22.6 Å². The number of carbonyl (C=O) groups is 1. The summed E-state index contributed by atoms with van der Waals surface area (Å²) in [7, 11) is 1.59. The van der Waals surface area contributed by atoms with E-state index in [1.807, 2.05) is 12.1 Å². The van der Waals surface area contributed by atoms with Crippen molar-refractivity contribution >= 4 is 28.5 Å². The second-order valence-corrected chi connectivity index (χ2v) is 7.50. The first-order chi connectivity index (χ1) is 15.5. The Labute approximate surface area is 189 Å². The number of rotatable bonds is 7. The number of hydrogen-bond acceptors (Lipinski definition) is 5. The fourth-order valence-corrected chi connectivity index (χ4v) is 3.43. The maximum Gasteiger partial charge on any atom is 0.258 e. The van der Waals surface area contributed by atoms with Gasteiger partial charge in [-0.1, -0.05) is 35.9 Å². The Morgan fingerprint density at radius 2 is 1.81 bits per heavy atom. The highest BCUT2D eigenvalue weighted by atomic mass is 35.5. The van der Waals surface area contributed by atoms with E-state index < -0.39 is 0 Å². The fourth-order valence-electron chi connectivity index (χ4n) is 3.22. The van der Waals surface area contributed by atoms with Gasteiger partial charge in [0, 0.05) is 17.6 Å². The first-order valence-corrected chi connectivity index (χ1v) is 10.3. The maximum atomic E-state index is 12.9. The normalized spacial score (nSPS) is 10.7. The van der Waals surface area contributed by atoms with Crippen LogP contribution in [0.3, 0.4) is 0 Å². The molecule has 0 unspecified atom stereocenters. The zero-order valence-electron chi connectivity index (χ0n) is 17.3. The van der Waals surface area contributed by atoms with Gasteiger partial charge in [-0.2, -0.15) is 0 Å². The summed E-state index contributed by atoms with van der Waals surface area (Å²) in [4.78, 5) is 25.0. The minimum Gasteiger partial charge on any atom is -0.497 e. The topological polar surface area (TPSA) is 77.8 Å². The van der Waals surface area contributed by atoms with Gasteiger partial charge < -0.3 is 19.2 Å². The van der Waals surface area contributed by atoms with E-state index in [0.29, 0.717) is 39.6 Å². The molecule has 0 fully saturated rings. The first kappa shape index (κ1) is 21.5. The summed E-state index contributed by atoms with van der Waals surface area (Å²) < 4.78 is 16.4. The lowest BCUT2D eigenvalue weighted by Crippen LogP contribution is -2.28. The van der Waals surface area contributed by atoms with E-state index in [9.17, 15) is 9.59 Å². The molecule has 0 saturated carbocycles. The van der Waals surface area contributed by atoms with Crippen molar-refractivity contribution < 1.29 is 18.7 Å². The molecule has 0 saturated heterocycles. The van der Waals surface area contributed by atoms with Gasteiger partial charge >= 0.3 is 0 Å². The van der Waals surface area contributed by atoms with E-state index in [1.54, 1.807) is 61.7 Å². The van der Waals surface area contributed by atoms with E-state index in [-0.39, 0.29) is 17.9 Å². The molecule has 6 nitrogen and oxygen atoms in total. The number of benzene rings is 3. The number of nitrogens with one attached hydrogen (secondary N) is 1. The Hall–Kier alpha value is -3.77. The lowest BCUT2D eigenvalue weighted by molar-refractivity contribution is -0.123. The third kappa shape index (κ3) is 4.92. The van der Waals surface area contributed by atoms with Gasteiger partial charge in [-0.25, -0.2) is 0 Å². The number of methoxy groups -OCH3 is 1. The van der Waals surface area contributed by atoms with E-state index in [2.05, 4.69) is 5.32 Å². The fraction of sp³-hybridized carbons (Fsp3) is 0.120. The van der Waals surface area contributed by atoms with Crippen molar-refractivity contribution in [3.05, 3.63) is 93.8 Å². The highest BCUT2D eigenvalue weighted by molar-refractivity contribution is 6.30. The minimum atomic E-state index is -0.277. The average molecular weight is 450 g/mol. The Morgan fingerprint density at radius 1 is 1.03 bits per heavy atom. The molecule has 0 radical (unpaired) electrons. The van der Waals surface area contributed by atoms with Crippen molar-refractivity contribution in [2.75, 3.05) is 13.7 Å². The van der Waals surface area contributed by atoms with Crippen LogP contribution < -0.4 is 20.2 Å². The van der Waals surface area contributed by atoms with Crippen LogP contribution in [0.25, 0.3) is 22.1 Å². The SMILES string of the molecule is COc1ccc(-c2coc3cc(OCC(=O)NCc4cccc(Cl)c4)ccc3c2=O)cc1. The molecule has 3 aromatic carbocycles. The van der Waals surface area contributed by atoms with Crippen LogP contribution in [0.2, 0.25) is 5.02 Å². The van der Waals surface area contributed by atoms with Gasteiger partial charge in [0.05, 0.1) is 18.1 Å². The number of halogens is 1. The van der Waals surface area contributed by atoms with Crippen LogP contribution in [0.1, 0.15) is 5.56 Å². The van der Waals surface area contributed by atoms with Crippen molar-refractivity contribution in [1.29, 1.82) is 0 Å². The van der Waals surface area contributed by atoms with Gasteiger partial charge in [0.15, 0.2) is 12.0 Å². The molecule has 1 heterocycles. The second kappa shape index (κ2) is 9.58. The smallest absolute Gasteiger partial charge is 0.258 e. The highest BCUT2D eigenvalue weighted by Gasteiger charge is 2.11. The average Bonchev–Trinajstić information content (AvgIpc) is 2.82. The van der Waals surface area contributed by atoms with Crippen LogP contribution in [0.15, 0.2) is 82.2 Å². The van der Waals surface area contributed by atoms with Crippen molar-refractivity contribution in [2.24, 2.45) is 0 Å². The number of fused-ring (bicyclic) bond motifs is 1. The van der Waals surface area contributed by atoms with Crippen molar-refractivity contribution in [3.63, 3.8) is 0 Å². The van der Waals surface area contributed by atoms with Crippen molar-refractivity contribution in [2.45, 2.75) is 6.54 Å². The highest BCUT2D eigenvalue weighted by Crippen LogP contribution is 2.24. The van der Waals surface area contributed by atoms with Gasteiger partial charge in [-0.05, 0) is 47.5 Å². The third-order valence-electron chi connectivity index (χ3n) is 4.90. The van der Waals surface area contributed by atoms with Crippen LogP contribution in [0, 0.1) is 0 Å². The van der Waals surface area contributed by atoms with Crippen LogP contribution >= 0.6 is 11.6 Å². The van der Waals surface area contributed by atoms with Gasteiger partial charge in [0.1, 0.15) is 23.3 Å². The number of amides is 1. The molecule has 0 aliphatic heterocycles. The Balaban J connectivity index is 1.43. The number of hydrogen-bond donors (Lipinski definition) is 1. The summed E-state index contributed by atoms with van der Waals surface area (Å²) in [5.74, 6) is 0.856. The van der Waals surface area contributed by atoms with Gasteiger partial charge in [0.2, 0.25) is 0 Å². The zero-order valence-corrected chi connectivity index (χ0v) is 18.0. The molecular weight excluding hydrogens is 430 g/mol. The van der Waals surface area contributed by atoms with E-state index >= 15 is 0 Å². The lowest BCUT2D eigenvalue weighted by Gasteiger charge is -2.09. The predicted molar refractivity (Wildman–Crippen MR) is 123 cm³/mol. The van der Waals surface area contributed by atoms with Gasteiger partial charge in [0.25, 0.3) is 5.91 Å². The molecule has 1 amide bonds. The Bertz CT molecular complexity index is 1310. The Morgan fingerprint density at radius 3 is 2.56 bits per heavy atom. The van der Waals surface area contributed by atoms with Crippen molar-refractivity contribution in [1.82, 2.24) is 5.32 Å². The quantitative estimate of drug-likeness (QED) is 0.437. The summed E-state index contributed by atoms with van der Waals surface area (Å²) in [6, 6.07) is 19.3. The van der Waals surface area contributed by atoms with Crippen LogP contribution in [-0.2, 0) is 11.3 Å². The second-order valence-electron chi connectivity index (χ2n) is 7.06. The summed E-state index contributed by atoms with van der Waals surface area (Å²) in [6.45, 7) is 0.184. The third-order valence-corrected chi connectivity index (χ3v) is 5.13. The van der Waals surface area contributed by atoms with E-state index in [1.165, 1.54) is 6.26 Å². The van der Waals surface area contributed by atoms with Crippen LogP contribution in [0.4, 0.5) is 0 Å². The molecule has 1 aromatic heterocycles. The lowest BCUT2D eigenvalue weighted by atomic mass is 10.1. The first-order valence-electron chi connectivity index (χ1n) is 9.87. The minimum absolute atomic E-state index is 0.151. The standard InChI is InChI=1S/C25H20ClNO5/c1-30-19-7-5-17(6-8-19)22-14-32-23-12-20(9-10-21(23)25(22)29)31-15-24(28)27-13-16-3-2-4-18(26)11-16/h2-12,14H,13,15H2,1H3,(H,27,28).